The third kappa shape index (κ3) is 8.22. The van der Waals surface area contributed by atoms with Crippen LogP contribution >= 0.6 is 0 Å². The highest BCUT2D eigenvalue weighted by atomic mass is 19.3. The Balaban J connectivity index is 4.32. The number of halogens is 4. The van der Waals surface area contributed by atoms with Gasteiger partial charge in [0.25, 0.3) is 12.9 Å². The van der Waals surface area contributed by atoms with Crippen LogP contribution in [0.25, 0.3) is 0 Å². The first-order chi connectivity index (χ1) is 9.42. The van der Waals surface area contributed by atoms with Crippen molar-refractivity contribution in [2.75, 3.05) is 0 Å². The summed E-state index contributed by atoms with van der Waals surface area (Å²) in [4.78, 5) is 11.3. The van der Waals surface area contributed by atoms with E-state index in [9.17, 15) is 22.4 Å². The summed E-state index contributed by atoms with van der Waals surface area (Å²) in [5.74, 6) is 0. The topological polar surface area (TPSA) is 35.5 Å². The van der Waals surface area contributed by atoms with Gasteiger partial charge in [0.05, 0.1) is 0 Å². The fourth-order valence-corrected chi connectivity index (χ4v) is 1.56. The van der Waals surface area contributed by atoms with Gasteiger partial charge in [0.15, 0.2) is 12.2 Å². The minimum absolute atomic E-state index is 0.0163. The maximum atomic E-state index is 12.6. The van der Waals surface area contributed by atoms with Crippen molar-refractivity contribution in [3.63, 3.8) is 0 Å². The molecule has 0 radical (unpaired) electrons. The van der Waals surface area contributed by atoms with Crippen LogP contribution < -0.4 is 0 Å². The molecule has 0 heterocycles. The minimum Gasteiger partial charge on any atom is -0.425 e. The van der Waals surface area contributed by atoms with Crippen LogP contribution in [0.2, 0.25) is 0 Å². The Morgan fingerprint density at radius 3 is 1.45 bits per heavy atom. The van der Waals surface area contributed by atoms with Crippen LogP contribution in [0.5, 0.6) is 0 Å². The maximum absolute atomic E-state index is 12.6. The number of unbranched alkanes of at least 4 members (excludes halogenated alkanes) is 2. The van der Waals surface area contributed by atoms with Crippen molar-refractivity contribution in [1.82, 2.24) is 0 Å². The van der Waals surface area contributed by atoms with Gasteiger partial charge >= 0.3 is 6.16 Å². The summed E-state index contributed by atoms with van der Waals surface area (Å²) in [5, 5.41) is 0. The van der Waals surface area contributed by atoms with E-state index < -0.39 is 31.2 Å². The molecule has 0 aliphatic carbocycles. The van der Waals surface area contributed by atoms with Crippen molar-refractivity contribution in [3.8, 4) is 0 Å². The highest BCUT2D eigenvalue weighted by molar-refractivity contribution is 5.60. The van der Waals surface area contributed by atoms with Gasteiger partial charge in [-0.3, -0.25) is 0 Å². The van der Waals surface area contributed by atoms with Crippen molar-refractivity contribution in [3.05, 3.63) is 0 Å². The van der Waals surface area contributed by atoms with Crippen LogP contribution in [-0.2, 0) is 9.47 Å². The highest BCUT2D eigenvalue weighted by Crippen LogP contribution is 2.18. The second-order valence-corrected chi connectivity index (χ2v) is 4.52. The molecule has 7 heteroatoms. The largest absolute Gasteiger partial charge is 0.509 e. The van der Waals surface area contributed by atoms with E-state index >= 15 is 0 Å². The van der Waals surface area contributed by atoms with Gasteiger partial charge in [-0.15, -0.1) is 0 Å². The van der Waals surface area contributed by atoms with E-state index in [1.54, 1.807) is 13.8 Å². The summed E-state index contributed by atoms with van der Waals surface area (Å²) in [6.07, 6.45) is -8.16. The predicted octanol–water partition coefficient (Wildman–Crippen LogP) is 4.79. The van der Waals surface area contributed by atoms with Crippen LogP contribution in [-0.4, -0.2) is 31.2 Å². The number of carbonyl (C=O) groups is 1. The van der Waals surface area contributed by atoms with Crippen molar-refractivity contribution in [2.24, 2.45) is 0 Å². The van der Waals surface area contributed by atoms with Gasteiger partial charge in [-0.2, -0.15) is 0 Å². The summed E-state index contributed by atoms with van der Waals surface area (Å²) in [6, 6.07) is 0. The first kappa shape index (κ1) is 19.0. The quantitative estimate of drug-likeness (QED) is 0.430. The van der Waals surface area contributed by atoms with Crippen LogP contribution in [0.4, 0.5) is 22.4 Å². The van der Waals surface area contributed by atoms with Gasteiger partial charge in [-0.1, -0.05) is 26.7 Å². The van der Waals surface area contributed by atoms with E-state index in [-0.39, 0.29) is 12.8 Å². The summed E-state index contributed by atoms with van der Waals surface area (Å²) < 4.78 is 59.3. The molecule has 20 heavy (non-hydrogen) atoms. The Labute approximate surface area is 116 Å². The lowest BCUT2D eigenvalue weighted by Gasteiger charge is -2.20. The fraction of sp³-hybridized carbons (Fsp3) is 0.923. The lowest BCUT2D eigenvalue weighted by molar-refractivity contribution is -0.0867. The molecule has 0 amide bonds. The van der Waals surface area contributed by atoms with Crippen molar-refractivity contribution in [1.29, 1.82) is 0 Å². The molecule has 0 saturated carbocycles. The predicted molar refractivity (Wildman–Crippen MR) is 66.2 cm³/mol. The van der Waals surface area contributed by atoms with E-state index in [1.165, 1.54) is 0 Å². The molecule has 0 spiro atoms. The number of rotatable bonds is 10. The van der Waals surface area contributed by atoms with Gasteiger partial charge < -0.3 is 9.47 Å². The van der Waals surface area contributed by atoms with E-state index in [4.69, 9.17) is 0 Å². The second kappa shape index (κ2) is 10.7. The minimum atomic E-state index is -2.85. The monoisotopic (exact) mass is 302 g/mol. The number of hydrogen-bond acceptors (Lipinski definition) is 3. The van der Waals surface area contributed by atoms with E-state index in [1.807, 2.05) is 0 Å². The lowest BCUT2D eigenvalue weighted by Crippen LogP contribution is -2.31. The first-order valence-electron chi connectivity index (χ1n) is 6.85. The van der Waals surface area contributed by atoms with Gasteiger partial charge in [0, 0.05) is 0 Å². The number of hydrogen-bond donors (Lipinski definition) is 0. The molecule has 0 aliphatic heterocycles. The Bertz CT molecular complexity index is 238. The summed E-state index contributed by atoms with van der Waals surface area (Å²) in [7, 11) is 0. The van der Waals surface area contributed by atoms with Gasteiger partial charge in [-0.05, 0) is 25.7 Å². The zero-order valence-electron chi connectivity index (χ0n) is 11.8. The average molecular weight is 302 g/mol. The fourth-order valence-electron chi connectivity index (χ4n) is 1.56. The van der Waals surface area contributed by atoms with Gasteiger partial charge in [-0.25, -0.2) is 22.4 Å². The lowest BCUT2D eigenvalue weighted by atomic mass is 10.1. The van der Waals surface area contributed by atoms with Gasteiger partial charge in [0.1, 0.15) is 0 Å². The SMILES string of the molecule is CCCCC(OC(=O)OC(CCCC)C(F)F)C(F)F. The van der Waals surface area contributed by atoms with E-state index in [2.05, 4.69) is 9.47 Å². The number of alkyl halides is 4. The molecule has 0 N–H and O–H groups in total. The smallest absolute Gasteiger partial charge is 0.425 e. The summed E-state index contributed by atoms with van der Waals surface area (Å²) >= 11 is 0. The molecule has 0 rings (SSSR count). The molecule has 0 aromatic rings. The molecular formula is C13H22F4O3. The Hall–Kier alpha value is -1.01. The van der Waals surface area contributed by atoms with Crippen molar-refractivity contribution >= 4 is 6.16 Å². The number of ether oxygens (including phenoxy) is 2. The Kier molecular flexibility index (Phi) is 10.2. The third-order valence-corrected chi connectivity index (χ3v) is 2.74. The molecule has 0 aromatic carbocycles. The normalized spacial score (nSPS) is 14.4. The van der Waals surface area contributed by atoms with Crippen LogP contribution in [0.15, 0.2) is 0 Å². The van der Waals surface area contributed by atoms with E-state index in [0.29, 0.717) is 25.7 Å². The zero-order chi connectivity index (χ0) is 15.5. The Morgan fingerprint density at radius 1 is 0.850 bits per heavy atom. The molecule has 3 nitrogen and oxygen atoms in total. The van der Waals surface area contributed by atoms with Gasteiger partial charge in [0.2, 0.25) is 0 Å². The number of carbonyl (C=O) groups excluding carboxylic acids is 1. The molecule has 0 saturated heterocycles. The molecule has 0 fully saturated rings. The molecule has 2 unspecified atom stereocenters. The molecule has 0 aromatic heterocycles. The molecule has 0 aliphatic rings. The summed E-state index contributed by atoms with van der Waals surface area (Å²) in [6.45, 7) is 3.61. The maximum Gasteiger partial charge on any atom is 0.509 e. The zero-order valence-corrected chi connectivity index (χ0v) is 11.8. The van der Waals surface area contributed by atoms with Crippen LogP contribution in [0.3, 0.4) is 0 Å². The molecule has 0 bridgehead atoms. The van der Waals surface area contributed by atoms with Crippen LogP contribution in [0.1, 0.15) is 52.4 Å². The third-order valence-electron chi connectivity index (χ3n) is 2.74. The standard InChI is InChI=1S/C13H22F4O3/c1-3-5-7-9(11(14)15)19-13(18)20-10(12(16)17)8-6-4-2/h9-12H,3-8H2,1-2H3. The summed E-state index contributed by atoms with van der Waals surface area (Å²) in [5.41, 5.74) is 0. The molecule has 2 atom stereocenters. The second-order valence-electron chi connectivity index (χ2n) is 4.52. The van der Waals surface area contributed by atoms with Crippen molar-refractivity contribution < 1.29 is 31.8 Å². The van der Waals surface area contributed by atoms with Crippen molar-refractivity contribution in [2.45, 2.75) is 77.4 Å². The highest BCUT2D eigenvalue weighted by Gasteiger charge is 2.29. The molecule has 120 valence electrons. The molecular weight excluding hydrogens is 280 g/mol. The van der Waals surface area contributed by atoms with E-state index in [0.717, 1.165) is 0 Å². The first-order valence-corrected chi connectivity index (χ1v) is 6.85. The Morgan fingerprint density at radius 2 is 1.20 bits per heavy atom. The average Bonchev–Trinajstić information content (AvgIpc) is 2.38. The van der Waals surface area contributed by atoms with Crippen LogP contribution in [0, 0.1) is 0 Å².